The highest BCUT2D eigenvalue weighted by Crippen LogP contribution is 2.41. The molecule has 3 N–H and O–H groups in total. The molecule has 2 aromatic carbocycles. The minimum Gasteiger partial charge on any atom is -0.392 e. The zero-order valence-corrected chi connectivity index (χ0v) is 21.8. The van der Waals surface area contributed by atoms with Gasteiger partial charge in [-0.2, -0.15) is 5.10 Å². The lowest BCUT2D eigenvalue weighted by Gasteiger charge is -2.16. The Balaban J connectivity index is 1.42. The fraction of sp³-hybridized carbons (Fsp3) is 0.267. The molecule has 0 aliphatic heterocycles. The Bertz CT molecular complexity index is 1770. The van der Waals surface area contributed by atoms with Crippen molar-refractivity contribution in [3.8, 4) is 16.9 Å². The molecule has 0 radical (unpaired) electrons. The maximum absolute atomic E-state index is 15.1. The number of aliphatic hydroxyl groups is 1. The zero-order valence-electron chi connectivity index (χ0n) is 21.8. The molecule has 0 amide bonds. The van der Waals surface area contributed by atoms with Crippen molar-refractivity contribution in [3.05, 3.63) is 99.7 Å². The Labute approximate surface area is 224 Å². The molecule has 0 bridgehead atoms. The van der Waals surface area contributed by atoms with Gasteiger partial charge in [-0.25, -0.2) is 14.4 Å². The third-order valence-electron chi connectivity index (χ3n) is 7.21. The third-order valence-corrected chi connectivity index (χ3v) is 7.21. The highest BCUT2D eigenvalue weighted by Gasteiger charge is 2.25. The Hall–Kier alpha value is -4.37. The largest absolute Gasteiger partial charge is 0.392 e. The summed E-state index contributed by atoms with van der Waals surface area (Å²) in [6, 6.07) is 12.3. The van der Waals surface area contributed by atoms with Crippen molar-refractivity contribution in [2.24, 2.45) is 0 Å². The molecule has 5 aromatic rings. The first-order valence-electron chi connectivity index (χ1n) is 13.1. The van der Waals surface area contributed by atoms with Crippen LogP contribution in [-0.4, -0.2) is 29.4 Å². The summed E-state index contributed by atoms with van der Waals surface area (Å²) in [6.45, 7) is 3.74. The summed E-state index contributed by atoms with van der Waals surface area (Å²) >= 11 is 0. The van der Waals surface area contributed by atoms with Gasteiger partial charge in [0.25, 0.3) is 5.56 Å². The van der Waals surface area contributed by atoms with Crippen LogP contribution in [0.15, 0.2) is 65.8 Å². The number of anilines is 1. The van der Waals surface area contributed by atoms with Crippen molar-refractivity contribution in [2.45, 2.75) is 51.7 Å². The Morgan fingerprint density at radius 2 is 1.97 bits per heavy atom. The SMILES string of the molecule is CC(C)n1cc(Cc2nc(N)cc(-c3cccc(-n4ccc5cc(C6CC6)cc(F)c5c4=O)c3CO)n2)cn1. The molecule has 3 heterocycles. The molecule has 9 heteroatoms. The van der Waals surface area contributed by atoms with E-state index in [1.165, 1.54) is 10.6 Å². The normalized spacial score (nSPS) is 13.5. The van der Waals surface area contributed by atoms with Crippen molar-refractivity contribution < 1.29 is 9.50 Å². The van der Waals surface area contributed by atoms with E-state index < -0.39 is 11.4 Å². The fourth-order valence-corrected chi connectivity index (χ4v) is 5.07. The minimum absolute atomic E-state index is 0.0340. The summed E-state index contributed by atoms with van der Waals surface area (Å²) in [4.78, 5) is 22.6. The lowest BCUT2D eigenvalue weighted by molar-refractivity contribution is 0.282. The van der Waals surface area contributed by atoms with E-state index in [2.05, 4.69) is 23.9 Å². The van der Waals surface area contributed by atoms with Crippen LogP contribution in [0.5, 0.6) is 0 Å². The molecule has 1 aliphatic rings. The topological polar surface area (TPSA) is 112 Å². The summed E-state index contributed by atoms with van der Waals surface area (Å²) < 4.78 is 18.4. The van der Waals surface area contributed by atoms with Gasteiger partial charge in [-0.3, -0.25) is 14.0 Å². The number of nitrogens with zero attached hydrogens (tertiary/aromatic N) is 5. The van der Waals surface area contributed by atoms with Crippen LogP contribution >= 0.6 is 0 Å². The number of pyridine rings is 1. The van der Waals surface area contributed by atoms with E-state index in [-0.39, 0.29) is 23.9 Å². The van der Waals surface area contributed by atoms with Crippen molar-refractivity contribution in [1.29, 1.82) is 0 Å². The summed E-state index contributed by atoms with van der Waals surface area (Å²) in [5.41, 5.74) is 9.61. The van der Waals surface area contributed by atoms with Crippen molar-refractivity contribution >= 4 is 16.6 Å². The second-order valence-electron chi connectivity index (χ2n) is 10.4. The van der Waals surface area contributed by atoms with Crippen molar-refractivity contribution in [2.75, 3.05) is 5.73 Å². The van der Waals surface area contributed by atoms with E-state index in [1.807, 2.05) is 23.0 Å². The second kappa shape index (κ2) is 9.74. The van der Waals surface area contributed by atoms with Crippen LogP contribution in [0.2, 0.25) is 0 Å². The highest BCUT2D eigenvalue weighted by atomic mass is 19.1. The number of aromatic nitrogens is 5. The lowest BCUT2D eigenvalue weighted by Crippen LogP contribution is -2.20. The lowest BCUT2D eigenvalue weighted by atomic mass is 10.0. The molecule has 1 fully saturated rings. The van der Waals surface area contributed by atoms with E-state index in [1.54, 1.807) is 36.7 Å². The highest BCUT2D eigenvalue weighted by molar-refractivity contribution is 5.83. The first kappa shape index (κ1) is 24.9. The minimum atomic E-state index is -0.524. The van der Waals surface area contributed by atoms with Crippen LogP contribution in [0.4, 0.5) is 10.2 Å². The first-order valence-corrected chi connectivity index (χ1v) is 13.1. The van der Waals surface area contributed by atoms with Gasteiger partial charge in [-0.05, 0) is 67.3 Å². The molecular formula is C30H29FN6O2. The number of halogens is 1. The molecule has 6 rings (SSSR count). The van der Waals surface area contributed by atoms with Crippen LogP contribution in [0.3, 0.4) is 0 Å². The number of hydrogen-bond acceptors (Lipinski definition) is 6. The van der Waals surface area contributed by atoms with Gasteiger partial charge in [0.1, 0.15) is 17.5 Å². The smallest absolute Gasteiger partial charge is 0.265 e. The summed E-state index contributed by atoms with van der Waals surface area (Å²) in [6.07, 6.45) is 7.90. The number of nitrogen functional groups attached to an aromatic ring is 1. The molecular weight excluding hydrogens is 495 g/mol. The van der Waals surface area contributed by atoms with Gasteiger partial charge in [0.05, 0.1) is 29.6 Å². The molecule has 0 atom stereocenters. The van der Waals surface area contributed by atoms with Crippen LogP contribution < -0.4 is 11.3 Å². The predicted octanol–water partition coefficient (Wildman–Crippen LogP) is 4.91. The fourth-order valence-electron chi connectivity index (χ4n) is 5.07. The van der Waals surface area contributed by atoms with Gasteiger partial charge >= 0.3 is 0 Å². The van der Waals surface area contributed by atoms with E-state index in [0.717, 1.165) is 24.0 Å². The summed E-state index contributed by atoms with van der Waals surface area (Å²) in [5, 5.41) is 15.4. The van der Waals surface area contributed by atoms with Gasteiger partial charge in [-0.15, -0.1) is 0 Å². The van der Waals surface area contributed by atoms with E-state index in [4.69, 9.17) is 10.7 Å². The van der Waals surface area contributed by atoms with Crippen molar-refractivity contribution in [1.82, 2.24) is 24.3 Å². The Morgan fingerprint density at radius 1 is 1.15 bits per heavy atom. The van der Waals surface area contributed by atoms with E-state index in [9.17, 15) is 9.90 Å². The standard InChI is InChI=1S/C30H29FN6O2/c1-17(2)37-15-18(14-33-37)10-28-34-25(13-27(32)35-28)22-4-3-5-26(23(22)16-38)36-9-8-20-11-21(19-6-7-19)12-24(31)29(20)30(36)39/h3-5,8-9,11-15,17,19,38H,6-7,10,16H2,1-2H3,(H2,32,34,35). The first-order chi connectivity index (χ1) is 18.8. The number of hydrogen-bond donors (Lipinski definition) is 2. The number of benzene rings is 2. The third kappa shape index (κ3) is 4.70. The van der Waals surface area contributed by atoms with E-state index in [0.29, 0.717) is 46.1 Å². The van der Waals surface area contributed by atoms with Gasteiger partial charge in [0.15, 0.2) is 0 Å². The quantitative estimate of drug-likeness (QED) is 0.313. The molecule has 39 heavy (non-hydrogen) atoms. The number of fused-ring (bicyclic) bond motifs is 1. The van der Waals surface area contributed by atoms with Crippen molar-refractivity contribution in [3.63, 3.8) is 0 Å². The average Bonchev–Trinajstić information content (AvgIpc) is 3.66. The monoisotopic (exact) mass is 524 g/mol. The molecule has 1 aliphatic carbocycles. The maximum atomic E-state index is 15.1. The van der Waals surface area contributed by atoms with Crippen LogP contribution in [0.1, 0.15) is 61.2 Å². The molecule has 0 saturated heterocycles. The van der Waals surface area contributed by atoms with Gasteiger partial charge < -0.3 is 10.8 Å². The number of rotatable bonds is 7. The molecule has 1 saturated carbocycles. The van der Waals surface area contributed by atoms with Crippen LogP contribution in [0, 0.1) is 5.82 Å². The van der Waals surface area contributed by atoms with Gasteiger partial charge in [0, 0.05) is 42.0 Å². The second-order valence-corrected chi connectivity index (χ2v) is 10.4. The summed E-state index contributed by atoms with van der Waals surface area (Å²) in [7, 11) is 0. The average molecular weight is 525 g/mol. The van der Waals surface area contributed by atoms with Crippen LogP contribution in [-0.2, 0) is 13.0 Å². The molecule has 198 valence electrons. The molecule has 0 spiro atoms. The van der Waals surface area contributed by atoms with Gasteiger partial charge in [0.2, 0.25) is 0 Å². The van der Waals surface area contributed by atoms with Crippen LogP contribution in [0.25, 0.3) is 27.7 Å². The Kier molecular flexibility index (Phi) is 6.23. The molecule has 8 nitrogen and oxygen atoms in total. The Morgan fingerprint density at radius 3 is 2.69 bits per heavy atom. The number of nitrogens with two attached hydrogens (primary N) is 1. The zero-order chi connectivity index (χ0) is 27.3. The maximum Gasteiger partial charge on any atom is 0.265 e. The van der Waals surface area contributed by atoms with E-state index >= 15 is 4.39 Å². The molecule has 3 aromatic heterocycles. The van der Waals surface area contributed by atoms with Gasteiger partial charge in [-0.1, -0.05) is 18.2 Å². The molecule has 0 unspecified atom stereocenters. The predicted molar refractivity (Wildman–Crippen MR) is 148 cm³/mol. The summed E-state index contributed by atoms with van der Waals surface area (Å²) in [5.74, 6) is 0.654. The number of aliphatic hydroxyl groups excluding tert-OH is 1.